The van der Waals surface area contributed by atoms with Crippen LogP contribution in [0.4, 0.5) is 0 Å². The number of amides is 1. The van der Waals surface area contributed by atoms with Gasteiger partial charge in [0.15, 0.2) is 0 Å². The number of hydrogen-bond acceptors (Lipinski definition) is 3. The summed E-state index contributed by atoms with van der Waals surface area (Å²) in [5, 5.41) is 12.2. The molecule has 0 aromatic heterocycles. The Morgan fingerprint density at radius 3 is 2.60 bits per heavy atom. The number of halogens is 2. The molecule has 0 aliphatic rings. The molecule has 1 atom stereocenters. The van der Waals surface area contributed by atoms with Crippen molar-refractivity contribution >= 4 is 46.8 Å². The van der Waals surface area contributed by atoms with E-state index in [4.69, 9.17) is 28.3 Å². The second-order valence-electron chi connectivity index (χ2n) is 3.98. The van der Waals surface area contributed by atoms with Crippen molar-refractivity contribution in [1.82, 2.24) is 5.32 Å². The fraction of sp³-hybridized carbons (Fsp3) is 0.385. The zero-order valence-corrected chi connectivity index (χ0v) is 13.2. The number of thioether (sulfide) groups is 1. The second-order valence-corrected chi connectivity index (χ2v) is 6.19. The molecule has 1 aromatic rings. The van der Waals surface area contributed by atoms with Gasteiger partial charge in [-0.15, -0.1) is 0 Å². The Hall–Kier alpha value is -0.910. The first kappa shape index (κ1) is 17.1. The highest BCUT2D eigenvalue weighted by atomic mass is 35.5. The largest absolute Gasteiger partial charge is 0.480 e. The van der Waals surface area contributed by atoms with Crippen LogP contribution >= 0.6 is 35.0 Å². The smallest absolute Gasteiger partial charge is 0.326 e. The van der Waals surface area contributed by atoms with Crippen LogP contribution in [0, 0.1) is 0 Å². The van der Waals surface area contributed by atoms with Gasteiger partial charge in [-0.3, -0.25) is 4.79 Å². The number of aliphatic carboxylic acids is 1. The Bertz CT molecular complexity index is 497. The van der Waals surface area contributed by atoms with Crippen molar-refractivity contribution < 1.29 is 14.7 Å². The lowest BCUT2D eigenvalue weighted by atomic mass is 10.1. The van der Waals surface area contributed by atoms with Gasteiger partial charge < -0.3 is 10.4 Å². The van der Waals surface area contributed by atoms with Crippen molar-refractivity contribution in [2.45, 2.75) is 19.4 Å². The number of carboxylic acid groups (broad SMARTS) is 1. The number of carbonyl (C=O) groups is 2. The number of nitrogens with one attached hydrogen (secondary N) is 1. The van der Waals surface area contributed by atoms with Crippen LogP contribution in [0.2, 0.25) is 10.0 Å². The van der Waals surface area contributed by atoms with Gasteiger partial charge in [-0.1, -0.05) is 30.1 Å². The summed E-state index contributed by atoms with van der Waals surface area (Å²) in [5.74, 6) is 0.0648. The van der Waals surface area contributed by atoms with Gasteiger partial charge in [0.25, 0.3) is 5.91 Å². The number of hydrogen-bond donors (Lipinski definition) is 2. The lowest BCUT2D eigenvalue weighted by Crippen LogP contribution is -2.41. The molecule has 0 radical (unpaired) electrons. The van der Waals surface area contributed by atoms with Gasteiger partial charge in [0.2, 0.25) is 0 Å². The van der Waals surface area contributed by atoms with Crippen LogP contribution in [0.1, 0.15) is 23.7 Å². The summed E-state index contributed by atoms with van der Waals surface area (Å²) in [6, 6.07) is 3.51. The fourth-order valence-corrected chi connectivity index (χ4v) is 2.47. The molecule has 20 heavy (non-hydrogen) atoms. The van der Waals surface area contributed by atoms with E-state index in [9.17, 15) is 9.59 Å². The average Bonchev–Trinajstić information content (AvgIpc) is 2.40. The van der Waals surface area contributed by atoms with Gasteiger partial charge in [0.1, 0.15) is 6.04 Å². The standard InChI is InChI=1S/C13H15Cl2NO3S/c1-2-20-6-5-11(13(18)19)16-12(17)8-3-4-9(14)10(15)7-8/h3-4,7,11H,2,5-6H2,1H3,(H,16,17)(H,18,19). The lowest BCUT2D eigenvalue weighted by Gasteiger charge is -2.14. The lowest BCUT2D eigenvalue weighted by molar-refractivity contribution is -0.139. The van der Waals surface area contributed by atoms with E-state index in [0.717, 1.165) is 5.75 Å². The van der Waals surface area contributed by atoms with Gasteiger partial charge in [-0.05, 0) is 36.1 Å². The number of rotatable bonds is 7. The summed E-state index contributed by atoms with van der Waals surface area (Å²) < 4.78 is 0. The third-order valence-electron chi connectivity index (χ3n) is 2.54. The molecule has 2 N–H and O–H groups in total. The molecule has 0 fully saturated rings. The molecule has 0 bridgehead atoms. The fourth-order valence-electron chi connectivity index (χ4n) is 1.48. The number of carbonyl (C=O) groups excluding carboxylic acids is 1. The van der Waals surface area contributed by atoms with Crippen LogP contribution in [0.3, 0.4) is 0 Å². The minimum absolute atomic E-state index is 0.257. The van der Waals surface area contributed by atoms with Crippen LogP contribution in [-0.2, 0) is 4.79 Å². The molecule has 0 aliphatic heterocycles. The van der Waals surface area contributed by atoms with Gasteiger partial charge in [-0.2, -0.15) is 11.8 Å². The first-order valence-electron chi connectivity index (χ1n) is 6.02. The van der Waals surface area contributed by atoms with E-state index in [0.29, 0.717) is 17.2 Å². The van der Waals surface area contributed by atoms with Crippen LogP contribution in [0.25, 0.3) is 0 Å². The van der Waals surface area contributed by atoms with Crippen molar-refractivity contribution in [2.75, 3.05) is 11.5 Å². The van der Waals surface area contributed by atoms with E-state index in [1.54, 1.807) is 11.8 Å². The first-order chi connectivity index (χ1) is 9.45. The van der Waals surface area contributed by atoms with Crippen LogP contribution < -0.4 is 5.32 Å². The molecule has 0 heterocycles. The normalized spacial score (nSPS) is 11.9. The molecule has 0 saturated heterocycles. The van der Waals surface area contributed by atoms with Crippen molar-refractivity contribution in [1.29, 1.82) is 0 Å². The predicted molar refractivity (Wildman–Crippen MR) is 83.0 cm³/mol. The third-order valence-corrected chi connectivity index (χ3v) is 4.21. The van der Waals surface area contributed by atoms with Gasteiger partial charge in [-0.25, -0.2) is 4.79 Å². The van der Waals surface area contributed by atoms with Crippen molar-refractivity contribution in [2.24, 2.45) is 0 Å². The zero-order chi connectivity index (χ0) is 15.1. The maximum absolute atomic E-state index is 12.0. The molecule has 1 rings (SSSR count). The Balaban J connectivity index is 2.69. The molecule has 1 aromatic carbocycles. The minimum Gasteiger partial charge on any atom is -0.480 e. The molecule has 1 unspecified atom stereocenters. The summed E-state index contributed by atoms with van der Waals surface area (Å²) >= 11 is 13.2. The Morgan fingerprint density at radius 1 is 1.35 bits per heavy atom. The highest BCUT2D eigenvalue weighted by Crippen LogP contribution is 2.22. The Kier molecular flexibility index (Phi) is 7.19. The maximum atomic E-state index is 12.0. The average molecular weight is 336 g/mol. The molecule has 0 aliphatic carbocycles. The Labute approximate surface area is 131 Å². The Morgan fingerprint density at radius 2 is 2.05 bits per heavy atom. The van der Waals surface area contributed by atoms with Gasteiger partial charge >= 0.3 is 5.97 Å². The van der Waals surface area contributed by atoms with Crippen LogP contribution in [0.15, 0.2) is 18.2 Å². The van der Waals surface area contributed by atoms with E-state index < -0.39 is 17.9 Å². The SMILES string of the molecule is CCSCCC(NC(=O)c1ccc(Cl)c(Cl)c1)C(=O)O. The summed E-state index contributed by atoms with van der Waals surface area (Å²) in [6.07, 6.45) is 0.376. The molecule has 4 nitrogen and oxygen atoms in total. The summed E-state index contributed by atoms with van der Waals surface area (Å²) in [6.45, 7) is 1.99. The van der Waals surface area contributed by atoms with Crippen molar-refractivity contribution in [3.05, 3.63) is 33.8 Å². The minimum atomic E-state index is -1.05. The molecule has 0 saturated carbocycles. The summed E-state index contributed by atoms with van der Waals surface area (Å²) in [7, 11) is 0. The van der Waals surface area contributed by atoms with Gasteiger partial charge in [0, 0.05) is 5.56 Å². The van der Waals surface area contributed by atoms with Gasteiger partial charge in [0.05, 0.1) is 10.0 Å². The quantitative estimate of drug-likeness (QED) is 0.750. The maximum Gasteiger partial charge on any atom is 0.326 e. The number of benzene rings is 1. The number of carboxylic acids is 1. The predicted octanol–water partition coefficient (Wildman–Crippen LogP) is 3.32. The summed E-state index contributed by atoms with van der Waals surface area (Å²) in [5.41, 5.74) is 0.286. The van der Waals surface area contributed by atoms with Crippen molar-refractivity contribution in [3.8, 4) is 0 Å². The van der Waals surface area contributed by atoms with E-state index in [2.05, 4.69) is 5.32 Å². The molecule has 110 valence electrons. The monoisotopic (exact) mass is 335 g/mol. The second kappa shape index (κ2) is 8.39. The molecule has 1 amide bonds. The molecule has 0 spiro atoms. The molecular formula is C13H15Cl2NO3S. The van der Waals surface area contributed by atoms with E-state index >= 15 is 0 Å². The van der Waals surface area contributed by atoms with Crippen LogP contribution in [-0.4, -0.2) is 34.5 Å². The molecular weight excluding hydrogens is 321 g/mol. The first-order valence-corrected chi connectivity index (χ1v) is 7.93. The molecule has 7 heteroatoms. The van der Waals surface area contributed by atoms with E-state index in [-0.39, 0.29) is 10.6 Å². The topological polar surface area (TPSA) is 66.4 Å². The van der Waals surface area contributed by atoms with E-state index in [1.165, 1.54) is 18.2 Å². The van der Waals surface area contributed by atoms with Crippen LogP contribution in [0.5, 0.6) is 0 Å². The highest BCUT2D eigenvalue weighted by Gasteiger charge is 2.20. The summed E-state index contributed by atoms with van der Waals surface area (Å²) in [4.78, 5) is 23.1. The zero-order valence-electron chi connectivity index (χ0n) is 10.9. The third kappa shape index (κ3) is 5.23. The van der Waals surface area contributed by atoms with E-state index in [1.807, 2.05) is 6.92 Å². The highest BCUT2D eigenvalue weighted by molar-refractivity contribution is 7.99. The van der Waals surface area contributed by atoms with Crippen molar-refractivity contribution in [3.63, 3.8) is 0 Å².